The molecule has 0 spiro atoms. The Morgan fingerprint density at radius 2 is 1.88 bits per heavy atom. The predicted octanol–water partition coefficient (Wildman–Crippen LogP) is 3.14. The fourth-order valence-electron chi connectivity index (χ4n) is 3.21. The summed E-state index contributed by atoms with van der Waals surface area (Å²) in [7, 11) is 0. The van der Waals surface area contributed by atoms with E-state index in [9.17, 15) is 14.7 Å². The van der Waals surface area contributed by atoms with Crippen LogP contribution in [0, 0.1) is 6.92 Å². The van der Waals surface area contributed by atoms with Crippen molar-refractivity contribution in [1.82, 2.24) is 9.88 Å². The van der Waals surface area contributed by atoms with Gasteiger partial charge in [-0.3, -0.25) is 9.78 Å². The summed E-state index contributed by atoms with van der Waals surface area (Å²) in [6, 6.07) is 13.3. The minimum absolute atomic E-state index is 0.262. The van der Waals surface area contributed by atoms with Crippen LogP contribution in [0.5, 0.6) is 0 Å². The van der Waals surface area contributed by atoms with Gasteiger partial charge in [-0.05, 0) is 38.8 Å². The average Bonchev–Trinajstić information content (AvgIpc) is 2.98. The molecule has 0 aliphatic carbocycles. The number of carbonyl (C=O) groups excluding carboxylic acids is 1. The molecule has 1 unspecified atom stereocenters. The van der Waals surface area contributed by atoms with Gasteiger partial charge >= 0.3 is 5.97 Å². The number of carbonyl (C=O) groups is 2. The summed E-state index contributed by atoms with van der Waals surface area (Å²) in [6.07, 6.45) is 1.17. The van der Waals surface area contributed by atoms with Gasteiger partial charge in [-0.25, -0.2) is 4.79 Å². The molecule has 1 aromatic carbocycles. The second-order valence-electron chi connectivity index (χ2n) is 6.33. The second kappa shape index (κ2) is 6.07. The predicted molar refractivity (Wildman–Crippen MR) is 90.7 cm³/mol. The number of rotatable bonds is 3. The zero-order chi connectivity index (χ0) is 17.3. The molecule has 24 heavy (non-hydrogen) atoms. The zero-order valence-electron chi connectivity index (χ0n) is 13.8. The van der Waals surface area contributed by atoms with Gasteiger partial charge in [0.25, 0.3) is 5.91 Å². The molecule has 124 valence electrons. The average molecular weight is 324 g/mol. The molecule has 1 aliphatic rings. The lowest BCUT2D eigenvalue weighted by molar-refractivity contribution is -0.147. The van der Waals surface area contributed by atoms with E-state index in [0.717, 1.165) is 11.3 Å². The zero-order valence-corrected chi connectivity index (χ0v) is 13.8. The highest BCUT2D eigenvalue weighted by molar-refractivity contribution is 5.99. The van der Waals surface area contributed by atoms with Crippen molar-refractivity contribution >= 4 is 11.9 Å². The molecule has 2 aromatic rings. The number of nitrogens with zero attached hydrogens (tertiary/aromatic N) is 2. The first kappa shape index (κ1) is 16.2. The molecule has 1 fully saturated rings. The second-order valence-corrected chi connectivity index (χ2v) is 6.33. The molecule has 1 aromatic heterocycles. The Bertz CT molecular complexity index is 788. The number of amides is 1. The normalized spacial score (nSPS) is 20.2. The van der Waals surface area contributed by atoms with Crippen LogP contribution in [-0.2, 0) is 4.79 Å². The third kappa shape index (κ3) is 2.66. The summed E-state index contributed by atoms with van der Waals surface area (Å²) in [6.45, 7) is 3.86. The Labute approximate surface area is 140 Å². The Morgan fingerprint density at radius 1 is 1.17 bits per heavy atom. The number of carboxylic acid groups (broad SMARTS) is 1. The Kier molecular flexibility index (Phi) is 4.09. The Morgan fingerprint density at radius 3 is 2.50 bits per heavy atom. The number of aryl methyl sites for hydroxylation is 1. The third-order valence-electron chi connectivity index (χ3n) is 4.73. The fraction of sp³-hybridized carbons (Fsp3) is 0.316. The van der Waals surface area contributed by atoms with Crippen LogP contribution >= 0.6 is 0 Å². The van der Waals surface area contributed by atoms with E-state index >= 15 is 0 Å². The van der Waals surface area contributed by atoms with Crippen molar-refractivity contribution in [1.29, 1.82) is 0 Å². The van der Waals surface area contributed by atoms with Crippen LogP contribution in [0.3, 0.4) is 0 Å². The van der Waals surface area contributed by atoms with Crippen molar-refractivity contribution in [3.8, 4) is 11.3 Å². The molecule has 5 heteroatoms. The number of carboxylic acids is 1. The van der Waals surface area contributed by atoms with E-state index in [0.29, 0.717) is 30.6 Å². The van der Waals surface area contributed by atoms with Gasteiger partial charge in [0.2, 0.25) is 0 Å². The number of benzene rings is 1. The van der Waals surface area contributed by atoms with Crippen LogP contribution in [0.15, 0.2) is 42.5 Å². The summed E-state index contributed by atoms with van der Waals surface area (Å²) >= 11 is 0. The molecular weight excluding hydrogens is 304 g/mol. The highest BCUT2D eigenvalue weighted by Crippen LogP contribution is 2.31. The quantitative estimate of drug-likeness (QED) is 0.941. The third-order valence-corrected chi connectivity index (χ3v) is 4.73. The van der Waals surface area contributed by atoms with E-state index in [1.165, 1.54) is 4.90 Å². The summed E-state index contributed by atoms with van der Waals surface area (Å²) in [5.74, 6) is -1.22. The minimum atomic E-state index is -1.14. The highest BCUT2D eigenvalue weighted by Gasteiger charge is 2.46. The molecule has 1 aliphatic heterocycles. The van der Waals surface area contributed by atoms with Crippen LogP contribution in [0.1, 0.15) is 35.8 Å². The van der Waals surface area contributed by atoms with Gasteiger partial charge in [0.15, 0.2) is 0 Å². The number of aliphatic carboxylic acids is 1. The molecule has 1 N–H and O–H groups in total. The van der Waals surface area contributed by atoms with Crippen molar-refractivity contribution in [3.05, 3.63) is 53.7 Å². The SMILES string of the molecule is Cc1nc(-c2ccccc2)ccc1C(=O)N1CCCC1(C)C(=O)O. The number of likely N-dealkylation sites (tertiary alicyclic amines) is 1. The van der Waals surface area contributed by atoms with E-state index in [-0.39, 0.29) is 5.91 Å². The van der Waals surface area contributed by atoms with Gasteiger partial charge < -0.3 is 10.0 Å². The van der Waals surface area contributed by atoms with Crippen LogP contribution in [0.25, 0.3) is 11.3 Å². The molecular formula is C19H20N2O3. The van der Waals surface area contributed by atoms with Crippen LogP contribution < -0.4 is 0 Å². The number of aromatic nitrogens is 1. The van der Waals surface area contributed by atoms with Gasteiger partial charge in [0, 0.05) is 12.1 Å². The minimum Gasteiger partial charge on any atom is -0.480 e. The Balaban J connectivity index is 1.93. The maximum atomic E-state index is 12.9. The van der Waals surface area contributed by atoms with Crippen LogP contribution in [0.2, 0.25) is 0 Å². The lowest BCUT2D eigenvalue weighted by Gasteiger charge is -2.31. The van der Waals surface area contributed by atoms with Gasteiger partial charge in [-0.1, -0.05) is 30.3 Å². The molecule has 1 saturated heterocycles. The van der Waals surface area contributed by atoms with Gasteiger partial charge in [0.1, 0.15) is 5.54 Å². The smallest absolute Gasteiger partial charge is 0.329 e. The largest absolute Gasteiger partial charge is 0.480 e. The van der Waals surface area contributed by atoms with Crippen molar-refractivity contribution in [2.45, 2.75) is 32.2 Å². The molecule has 0 bridgehead atoms. The van der Waals surface area contributed by atoms with E-state index in [1.54, 1.807) is 19.9 Å². The Hall–Kier alpha value is -2.69. The fourth-order valence-corrected chi connectivity index (χ4v) is 3.21. The van der Waals surface area contributed by atoms with Gasteiger partial charge in [-0.2, -0.15) is 0 Å². The highest BCUT2D eigenvalue weighted by atomic mass is 16.4. The molecule has 3 rings (SSSR count). The first-order valence-electron chi connectivity index (χ1n) is 8.02. The maximum absolute atomic E-state index is 12.9. The summed E-state index contributed by atoms with van der Waals surface area (Å²) in [4.78, 5) is 30.4. The molecule has 1 amide bonds. The molecule has 1 atom stereocenters. The maximum Gasteiger partial charge on any atom is 0.329 e. The van der Waals surface area contributed by atoms with Crippen molar-refractivity contribution in [2.75, 3.05) is 6.54 Å². The summed E-state index contributed by atoms with van der Waals surface area (Å²) in [5, 5.41) is 9.49. The standard InChI is InChI=1S/C19H20N2O3/c1-13-15(9-10-16(20-13)14-7-4-3-5-8-14)17(22)21-12-6-11-19(21,2)18(23)24/h3-5,7-10H,6,11-12H2,1-2H3,(H,23,24). The van der Waals surface area contributed by atoms with E-state index < -0.39 is 11.5 Å². The monoisotopic (exact) mass is 324 g/mol. The van der Waals surface area contributed by atoms with E-state index in [4.69, 9.17) is 0 Å². The lowest BCUT2D eigenvalue weighted by atomic mass is 9.98. The summed E-state index contributed by atoms with van der Waals surface area (Å²) in [5.41, 5.74) is 1.72. The number of pyridine rings is 1. The molecule has 0 saturated carbocycles. The van der Waals surface area contributed by atoms with Crippen LogP contribution in [0.4, 0.5) is 0 Å². The number of hydrogen-bond acceptors (Lipinski definition) is 3. The van der Waals surface area contributed by atoms with Crippen LogP contribution in [-0.4, -0.2) is 39.0 Å². The van der Waals surface area contributed by atoms with Crippen molar-refractivity contribution < 1.29 is 14.7 Å². The molecule has 5 nitrogen and oxygen atoms in total. The van der Waals surface area contributed by atoms with Gasteiger partial charge in [-0.15, -0.1) is 0 Å². The lowest BCUT2D eigenvalue weighted by Crippen LogP contribution is -2.50. The first-order valence-corrected chi connectivity index (χ1v) is 8.02. The topological polar surface area (TPSA) is 70.5 Å². The molecule has 0 radical (unpaired) electrons. The first-order chi connectivity index (χ1) is 11.4. The van der Waals surface area contributed by atoms with Crippen molar-refractivity contribution in [2.24, 2.45) is 0 Å². The van der Waals surface area contributed by atoms with E-state index in [1.807, 2.05) is 36.4 Å². The van der Waals surface area contributed by atoms with Gasteiger partial charge in [0.05, 0.1) is 17.0 Å². The summed E-state index contributed by atoms with van der Waals surface area (Å²) < 4.78 is 0. The van der Waals surface area contributed by atoms with E-state index in [2.05, 4.69) is 4.98 Å². The number of hydrogen-bond donors (Lipinski definition) is 1. The van der Waals surface area contributed by atoms with Crippen molar-refractivity contribution in [3.63, 3.8) is 0 Å². The molecule has 2 heterocycles.